The molecule has 1 saturated heterocycles. The van der Waals surface area contributed by atoms with Crippen molar-refractivity contribution in [2.24, 2.45) is 11.3 Å². The highest BCUT2D eigenvalue weighted by Crippen LogP contribution is 2.64. The van der Waals surface area contributed by atoms with Gasteiger partial charge in [-0.25, -0.2) is 0 Å². The molecule has 1 unspecified atom stereocenters. The normalized spacial score (nSPS) is 52.0. The van der Waals surface area contributed by atoms with Crippen LogP contribution in [0.2, 0.25) is 0 Å². The topological polar surface area (TPSA) is 0 Å². The number of hydrogen-bond acceptors (Lipinski definition) is 3. The van der Waals surface area contributed by atoms with E-state index >= 15 is 0 Å². The van der Waals surface area contributed by atoms with Crippen LogP contribution >= 0.6 is 31.4 Å². The Morgan fingerprint density at radius 1 is 1.17 bits per heavy atom. The maximum Gasteiger partial charge on any atom is 0.0315 e. The second kappa shape index (κ2) is 3.03. The number of rotatable bonds is 1. The lowest BCUT2D eigenvalue weighted by Crippen LogP contribution is -2.28. The summed E-state index contributed by atoms with van der Waals surface area (Å²) in [5, 5.41) is 1.000. The first-order chi connectivity index (χ1) is 5.89. The lowest BCUT2D eigenvalue weighted by atomic mass is 9.81. The second-order valence-electron chi connectivity index (χ2n) is 4.45. The second-order valence-corrected chi connectivity index (χ2v) is 8.83. The zero-order chi connectivity index (χ0) is 8.02. The minimum atomic E-state index is 0.811. The van der Waals surface area contributed by atoms with Crippen molar-refractivity contribution >= 4 is 31.4 Å². The zero-order valence-corrected chi connectivity index (χ0v) is 9.57. The summed E-state index contributed by atoms with van der Waals surface area (Å²) in [5.41, 5.74) is 0.811. The van der Waals surface area contributed by atoms with Crippen LogP contribution in [0.1, 0.15) is 32.1 Å². The molecule has 1 aliphatic heterocycles. The van der Waals surface area contributed by atoms with Crippen LogP contribution in [0.3, 0.4) is 0 Å². The average molecular weight is 218 g/mol. The molecule has 68 valence electrons. The quantitative estimate of drug-likeness (QED) is 0.611. The molecule has 2 saturated carbocycles. The van der Waals surface area contributed by atoms with Crippen LogP contribution in [-0.4, -0.2) is 11.0 Å². The molecule has 0 aromatic rings. The van der Waals surface area contributed by atoms with Gasteiger partial charge in [-0.15, -0.1) is 0 Å². The molecule has 2 aliphatic carbocycles. The fourth-order valence-electron chi connectivity index (χ4n) is 3.16. The first kappa shape index (κ1) is 8.37. The van der Waals surface area contributed by atoms with Gasteiger partial charge >= 0.3 is 0 Å². The molecular weight excluding hydrogens is 204 g/mol. The zero-order valence-electron chi connectivity index (χ0n) is 7.12. The Bertz CT molecular complexity index is 178. The lowest BCUT2D eigenvalue weighted by molar-refractivity contribution is 0.297. The highest BCUT2D eigenvalue weighted by molar-refractivity contribution is 9.10. The fourth-order valence-corrected chi connectivity index (χ4v) is 9.06. The van der Waals surface area contributed by atoms with E-state index in [1.54, 1.807) is 32.1 Å². The Kier molecular flexibility index (Phi) is 2.11. The van der Waals surface area contributed by atoms with Crippen LogP contribution in [0, 0.1) is 11.3 Å². The van der Waals surface area contributed by atoms with Gasteiger partial charge in [0, 0.05) is 11.0 Å². The molecule has 0 aromatic carbocycles. The van der Waals surface area contributed by atoms with E-state index in [0.717, 1.165) is 16.6 Å². The van der Waals surface area contributed by atoms with E-state index in [4.69, 9.17) is 0 Å². The van der Waals surface area contributed by atoms with E-state index < -0.39 is 0 Å². The smallest absolute Gasteiger partial charge is 0.0315 e. The summed E-state index contributed by atoms with van der Waals surface area (Å²) >= 11 is 0. The van der Waals surface area contributed by atoms with E-state index in [2.05, 4.69) is 21.6 Å². The van der Waals surface area contributed by atoms with Crippen LogP contribution in [0.15, 0.2) is 0 Å². The fraction of sp³-hybridized carbons (Fsp3) is 1.00. The predicted molar refractivity (Wildman–Crippen MR) is 60.4 cm³/mol. The van der Waals surface area contributed by atoms with Crippen molar-refractivity contribution in [3.63, 3.8) is 0 Å². The van der Waals surface area contributed by atoms with Crippen LogP contribution in [0.5, 0.6) is 0 Å². The summed E-state index contributed by atoms with van der Waals surface area (Å²) in [4.78, 5) is 0. The standard InChI is InChI=1S/C9H14S3/c1-3-9(4-2-7(1)5-9)8-6-10-12-11-8/h7-8H,1-6H2. The Labute approximate surface area is 85.8 Å². The van der Waals surface area contributed by atoms with E-state index in [1.807, 2.05) is 9.83 Å². The number of hydrogen-bond donors (Lipinski definition) is 0. The van der Waals surface area contributed by atoms with Gasteiger partial charge in [0.15, 0.2) is 0 Å². The maximum absolute atomic E-state index is 2.17. The van der Waals surface area contributed by atoms with Gasteiger partial charge in [-0.1, -0.05) is 21.6 Å². The summed E-state index contributed by atoms with van der Waals surface area (Å²) in [6.45, 7) is 0. The Balaban J connectivity index is 1.80. The SMILES string of the molecule is C1CC2(C3CSSS3)CCC1C2. The molecule has 3 heteroatoms. The molecule has 3 aliphatic rings. The van der Waals surface area contributed by atoms with Gasteiger partial charge in [0.2, 0.25) is 0 Å². The molecule has 3 rings (SSSR count). The van der Waals surface area contributed by atoms with Gasteiger partial charge in [0.05, 0.1) is 0 Å². The Hall–Kier alpha value is 1.05. The largest absolute Gasteiger partial charge is 0.0813 e. The Morgan fingerprint density at radius 2 is 2.00 bits per heavy atom. The molecule has 0 aromatic heterocycles. The van der Waals surface area contributed by atoms with Gasteiger partial charge in [0.1, 0.15) is 0 Å². The molecule has 0 nitrogen and oxygen atoms in total. The molecule has 0 radical (unpaired) electrons. The third kappa shape index (κ3) is 1.16. The van der Waals surface area contributed by atoms with Gasteiger partial charge in [0.25, 0.3) is 0 Å². The molecule has 0 spiro atoms. The van der Waals surface area contributed by atoms with Crippen molar-refractivity contribution in [3.8, 4) is 0 Å². The third-order valence-corrected chi connectivity index (χ3v) is 8.86. The third-order valence-electron chi connectivity index (χ3n) is 3.90. The summed E-state index contributed by atoms with van der Waals surface area (Å²) in [6.07, 6.45) is 7.78. The lowest BCUT2D eigenvalue weighted by Gasteiger charge is -2.31. The van der Waals surface area contributed by atoms with Crippen molar-refractivity contribution in [2.75, 3.05) is 5.75 Å². The van der Waals surface area contributed by atoms with Gasteiger partial charge in [-0.3, -0.25) is 0 Å². The summed E-state index contributed by atoms with van der Waals surface area (Å²) in [5.74, 6) is 2.54. The van der Waals surface area contributed by atoms with Crippen LogP contribution in [0.4, 0.5) is 0 Å². The van der Waals surface area contributed by atoms with Gasteiger partial charge < -0.3 is 0 Å². The van der Waals surface area contributed by atoms with Crippen LogP contribution in [-0.2, 0) is 0 Å². The first-order valence-electron chi connectivity index (χ1n) is 4.84. The van der Waals surface area contributed by atoms with Crippen molar-refractivity contribution in [2.45, 2.75) is 37.4 Å². The molecule has 0 N–H and O–H groups in total. The minimum Gasteiger partial charge on any atom is -0.0813 e. The molecule has 3 fully saturated rings. The van der Waals surface area contributed by atoms with Crippen LogP contribution < -0.4 is 0 Å². The van der Waals surface area contributed by atoms with Crippen molar-refractivity contribution in [1.82, 2.24) is 0 Å². The summed E-state index contributed by atoms with van der Waals surface area (Å²) in [7, 11) is 6.29. The molecule has 1 atom stereocenters. The predicted octanol–water partition coefficient (Wildman–Crippen LogP) is 3.98. The van der Waals surface area contributed by atoms with Crippen molar-refractivity contribution in [3.05, 3.63) is 0 Å². The average Bonchev–Trinajstić information content (AvgIpc) is 2.82. The van der Waals surface area contributed by atoms with Gasteiger partial charge in [-0.05, 0) is 53.3 Å². The van der Waals surface area contributed by atoms with E-state index in [-0.39, 0.29) is 0 Å². The monoisotopic (exact) mass is 218 g/mol. The molecule has 2 bridgehead atoms. The highest BCUT2D eigenvalue weighted by atomic mass is 33.5. The van der Waals surface area contributed by atoms with Crippen LogP contribution in [0.25, 0.3) is 0 Å². The summed E-state index contributed by atoms with van der Waals surface area (Å²) in [6, 6.07) is 0. The molecule has 1 heterocycles. The first-order valence-corrected chi connectivity index (χ1v) is 8.56. The Morgan fingerprint density at radius 3 is 2.50 bits per heavy atom. The summed E-state index contributed by atoms with van der Waals surface area (Å²) < 4.78 is 0. The van der Waals surface area contributed by atoms with Gasteiger partial charge in [-0.2, -0.15) is 0 Å². The van der Waals surface area contributed by atoms with E-state index in [1.165, 1.54) is 5.75 Å². The maximum atomic E-state index is 2.17. The van der Waals surface area contributed by atoms with E-state index in [0.29, 0.717) is 0 Å². The van der Waals surface area contributed by atoms with Crippen molar-refractivity contribution in [1.29, 1.82) is 0 Å². The van der Waals surface area contributed by atoms with E-state index in [9.17, 15) is 0 Å². The highest BCUT2D eigenvalue weighted by Gasteiger charge is 2.50. The molecule has 0 amide bonds. The van der Waals surface area contributed by atoms with Crippen molar-refractivity contribution < 1.29 is 0 Å². The number of fused-ring (bicyclic) bond motifs is 2. The minimum absolute atomic E-state index is 0.811. The molecule has 12 heavy (non-hydrogen) atoms. The molecular formula is C9H14S3.